The summed E-state index contributed by atoms with van der Waals surface area (Å²) in [6, 6.07) is 20.1. The molecule has 8 nitrogen and oxygen atoms in total. The summed E-state index contributed by atoms with van der Waals surface area (Å²) in [6.07, 6.45) is 6.03. The molecule has 5 rings (SSSR count). The molecule has 1 aliphatic heterocycles. The highest BCUT2D eigenvalue weighted by Crippen LogP contribution is 2.25. The Hall–Kier alpha value is -4.51. The van der Waals surface area contributed by atoms with Crippen LogP contribution in [0.25, 0.3) is 0 Å². The molecule has 1 saturated heterocycles. The molecule has 0 unspecified atom stereocenters. The number of hydrogen-bond donors (Lipinski definition) is 1. The minimum Gasteiger partial charge on any atom is -0.490 e. The van der Waals surface area contributed by atoms with Gasteiger partial charge in [0.2, 0.25) is 0 Å². The van der Waals surface area contributed by atoms with Crippen LogP contribution in [0.15, 0.2) is 66.9 Å². The van der Waals surface area contributed by atoms with Crippen molar-refractivity contribution >= 4 is 17.6 Å². The van der Waals surface area contributed by atoms with Crippen molar-refractivity contribution in [1.29, 1.82) is 5.26 Å². The first-order valence-corrected chi connectivity index (χ1v) is 14.2. The molecule has 0 spiro atoms. The number of likely N-dealkylation sites (tertiary alicyclic amines) is 1. The number of rotatable bonds is 7. The SMILES string of the molecule is Cc1ccc(C(=O)C2CCN(C(=O)c3ccc(C(=O)N[C@H]4CC[C@@H](Oc5ccc(C#N)cc5)CC4)nc3)CC2)cc1. The van der Waals surface area contributed by atoms with E-state index in [0.29, 0.717) is 37.1 Å². The van der Waals surface area contributed by atoms with Gasteiger partial charge in [-0.15, -0.1) is 0 Å². The lowest BCUT2D eigenvalue weighted by atomic mass is 9.88. The summed E-state index contributed by atoms with van der Waals surface area (Å²) >= 11 is 0. The highest BCUT2D eigenvalue weighted by molar-refractivity contribution is 5.99. The van der Waals surface area contributed by atoms with Gasteiger partial charge in [-0.05, 0) is 81.8 Å². The van der Waals surface area contributed by atoms with Crippen LogP contribution in [0.1, 0.15) is 80.9 Å². The maximum atomic E-state index is 13.0. The Bertz CT molecular complexity index is 1410. The van der Waals surface area contributed by atoms with E-state index < -0.39 is 0 Å². The number of pyridine rings is 1. The number of ketones is 1. The summed E-state index contributed by atoms with van der Waals surface area (Å²) in [5.74, 6) is 0.419. The maximum absolute atomic E-state index is 13.0. The van der Waals surface area contributed by atoms with E-state index in [1.54, 1.807) is 29.2 Å². The van der Waals surface area contributed by atoms with Gasteiger partial charge in [-0.25, -0.2) is 0 Å². The van der Waals surface area contributed by atoms with E-state index in [-0.39, 0.29) is 41.4 Å². The second kappa shape index (κ2) is 12.8. The van der Waals surface area contributed by atoms with Crippen molar-refractivity contribution in [3.8, 4) is 11.8 Å². The van der Waals surface area contributed by atoms with Crippen molar-refractivity contribution in [2.75, 3.05) is 13.1 Å². The van der Waals surface area contributed by atoms with E-state index in [0.717, 1.165) is 42.6 Å². The molecule has 2 heterocycles. The molecule has 2 aliphatic rings. The Morgan fingerprint density at radius 2 is 1.54 bits per heavy atom. The van der Waals surface area contributed by atoms with Gasteiger partial charge in [0.05, 0.1) is 23.3 Å². The third-order valence-electron chi connectivity index (χ3n) is 8.03. The van der Waals surface area contributed by atoms with Crippen LogP contribution in [0.2, 0.25) is 0 Å². The average Bonchev–Trinajstić information content (AvgIpc) is 3.02. The van der Waals surface area contributed by atoms with Gasteiger partial charge in [0.1, 0.15) is 11.4 Å². The van der Waals surface area contributed by atoms with Gasteiger partial charge in [-0.2, -0.15) is 5.26 Å². The number of carbonyl (C=O) groups is 3. The number of hydrogen-bond acceptors (Lipinski definition) is 6. The minimum absolute atomic E-state index is 0.0374. The maximum Gasteiger partial charge on any atom is 0.270 e. The summed E-state index contributed by atoms with van der Waals surface area (Å²) in [5.41, 5.74) is 3.16. The number of nitrogens with one attached hydrogen (secondary N) is 1. The predicted octanol–water partition coefficient (Wildman–Crippen LogP) is 5.12. The summed E-state index contributed by atoms with van der Waals surface area (Å²) in [6.45, 7) is 3.03. The number of nitrogens with zero attached hydrogens (tertiary/aromatic N) is 3. The molecule has 3 aromatic rings. The fourth-order valence-corrected chi connectivity index (χ4v) is 5.52. The molecule has 2 aromatic carbocycles. The minimum atomic E-state index is -0.254. The number of ether oxygens (including phenoxy) is 1. The highest BCUT2D eigenvalue weighted by Gasteiger charge is 2.29. The molecule has 8 heteroatoms. The topological polar surface area (TPSA) is 112 Å². The number of aryl methyl sites for hydroxylation is 1. The van der Waals surface area contributed by atoms with Crippen molar-refractivity contribution in [3.05, 3.63) is 94.8 Å². The smallest absolute Gasteiger partial charge is 0.270 e. The van der Waals surface area contributed by atoms with Crippen molar-refractivity contribution in [2.45, 2.75) is 57.6 Å². The van der Waals surface area contributed by atoms with E-state index in [2.05, 4.69) is 16.4 Å². The fraction of sp³-hybridized carbons (Fsp3) is 0.364. The van der Waals surface area contributed by atoms with Crippen molar-refractivity contribution < 1.29 is 19.1 Å². The van der Waals surface area contributed by atoms with Crippen LogP contribution in [-0.4, -0.2) is 52.7 Å². The van der Waals surface area contributed by atoms with Crippen molar-refractivity contribution in [2.24, 2.45) is 5.92 Å². The molecular formula is C33H34N4O4. The first kappa shape index (κ1) is 28.0. The molecule has 0 radical (unpaired) electrons. The Morgan fingerprint density at radius 3 is 2.15 bits per heavy atom. The molecule has 1 N–H and O–H groups in total. The quantitative estimate of drug-likeness (QED) is 0.409. The van der Waals surface area contributed by atoms with E-state index in [4.69, 9.17) is 10.00 Å². The van der Waals surface area contributed by atoms with E-state index in [1.807, 2.05) is 43.3 Å². The molecule has 41 heavy (non-hydrogen) atoms. The van der Waals surface area contributed by atoms with Gasteiger partial charge < -0.3 is 15.0 Å². The van der Waals surface area contributed by atoms with E-state index in [9.17, 15) is 14.4 Å². The van der Waals surface area contributed by atoms with Gasteiger partial charge >= 0.3 is 0 Å². The van der Waals surface area contributed by atoms with Crippen LogP contribution in [0, 0.1) is 24.2 Å². The molecule has 0 bridgehead atoms. The van der Waals surface area contributed by atoms with Gasteiger partial charge in [-0.1, -0.05) is 29.8 Å². The molecule has 1 aromatic heterocycles. The van der Waals surface area contributed by atoms with Gasteiger partial charge in [-0.3, -0.25) is 19.4 Å². The van der Waals surface area contributed by atoms with Crippen LogP contribution in [-0.2, 0) is 0 Å². The number of aromatic nitrogens is 1. The van der Waals surface area contributed by atoms with Gasteiger partial charge in [0.25, 0.3) is 11.8 Å². The molecule has 2 fully saturated rings. The van der Waals surface area contributed by atoms with Crippen LogP contribution < -0.4 is 10.1 Å². The van der Waals surface area contributed by atoms with Crippen LogP contribution in [0.4, 0.5) is 0 Å². The van der Waals surface area contributed by atoms with Crippen LogP contribution >= 0.6 is 0 Å². The van der Waals surface area contributed by atoms with Crippen molar-refractivity contribution in [1.82, 2.24) is 15.2 Å². The first-order valence-electron chi connectivity index (χ1n) is 14.2. The summed E-state index contributed by atoms with van der Waals surface area (Å²) in [5, 5.41) is 12.0. The standard InChI is InChI=1S/C33H34N4O4/c1-22-2-6-24(7-3-22)31(38)25-16-18-37(19-17-25)33(40)26-8-15-30(35-21-26)32(39)36-27-9-13-29(14-10-27)41-28-11-4-23(20-34)5-12-28/h2-8,11-12,15,21,25,27,29H,9-10,13-14,16-19H2,1H3,(H,36,39)/t27-,29+. The lowest BCUT2D eigenvalue weighted by Gasteiger charge is -2.31. The Kier molecular flexibility index (Phi) is 8.73. The van der Waals surface area contributed by atoms with Gasteiger partial charge in [0, 0.05) is 36.8 Å². The highest BCUT2D eigenvalue weighted by atomic mass is 16.5. The largest absolute Gasteiger partial charge is 0.490 e. The van der Waals surface area contributed by atoms with E-state index in [1.165, 1.54) is 6.20 Å². The second-order valence-electron chi connectivity index (χ2n) is 10.9. The second-order valence-corrected chi connectivity index (χ2v) is 10.9. The monoisotopic (exact) mass is 550 g/mol. The number of benzene rings is 2. The summed E-state index contributed by atoms with van der Waals surface area (Å²) in [4.78, 5) is 44.7. The molecule has 210 valence electrons. The van der Waals surface area contributed by atoms with Gasteiger partial charge in [0.15, 0.2) is 5.78 Å². The summed E-state index contributed by atoms with van der Waals surface area (Å²) < 4.78 is 6.03. The zero-order chi connectivity index (χ0) is 28.8. The number of piperidine rings is 1. The molecule has 0 atom stereocenters. The zero-order valence-corrected chi connectivity index (χ0v) is 23.2. The normalized spacial score (nSPS) is 19.2. The van der Waals surface area contributed by atoms with E-state index >= 15 is 0 Å². The molecular weight excluding hydrogens is 516 g/mol. The fourth-order valence-electron chi connectivity index (χ4n) is 5.52. The summed E-state index contributed by atoms with van der Waals surface area (Å²) in [7, 11) is 0. The number of Topliss-reactive ketones (excluding diaryl/α,β-unsaturated/α-hetero) is 1. The first-order chi connectivity index (χ1) is 19.9. The molecule has 1 aliphatic carbocycles. The average molecular weight is 551 g/mol. The zero-order valence-electron chi connectivity index (χ0n) is 23.2. The third kappa shape index (κ3) is 6.98. The molecule has 1 saturated carbocycles. The Morgan fingerprint density at radius 1 is 0.878 bits per heavy atom. The van der Waals surface area contributed by atoms with Crippen molar-refractivity contribution in [3.63, 3.8) is 0 Å². The van der Waals surface area contributed by atoms with Crippen LogP contribution in [0.5, 0.6) is 5.75 Å². The third-order valence-corrected chi connectivity index (χ3v) is 8.03. The number of nitriles is 1. The lowest BCUT2D eigenvalue weighted by molar-refractivity contribution is 0.0649. The lowest BCUT2D eigenvalue weighted by Crippen LogP contribution is -2.40. The Labute approximate surface area is 240 Å². The van der Waals surface area contributed by atoms with Crippen LogP contribution in [0.3, 0.4) is 0 Å². The Balaban J connectivity index is 1.07. The number of amides is 2. The predicted molar refractivity (Wildman–Crippen MR) is 154 cm³/mol. The number of carbonyl (C=O) groups excluding carboxylic acids is 3. The molecule has 2 amide bonds.